The first-order valence-electron chi connectivity index (χ1n) is 9.55. The third-order valence-electron chi connectivity index (χ3n) is 4.90. The second-order valence-electron chi connectivity index (χ2n) is 6.89. The molecule has 3 rings (SSSR count). The van der Waals surface area contributed by atoms with Crippen LogP contribution in [0.3, 0.4) is 0 Å². The minimum atomic E-state index is -0.0665. The van der Waals surface area contributed by atoms with Crippen molar-refractivity contribution in [2.75, 3.05) is 6.54 Å². The number of hydrogen-bond acceptors (Lipinski definition) is 3. The molecule has 27 heavy (non-hydrogen) atoms. The van der Waals surface area contributed by atoms with Gasteiger partial charge >= 0.3 is 0 Å². The van der Waals surface area contributed by atoms with Crippen LogP contribution in [0.15, 0.2) is 47.3 Å². The maximum absolute atomic E-state index is 13.3. The van der Waals surface area contributed by atoms with Crippen LogP contribution in [0.4, 0.5) is 0 Å². The van der Waals surface area contributed by atoms with Crippen LogP contribution in [-0.2, 0) is 0 Å². The maximum atomic E-state index is 13.3. The van der Waals surface area contributed by atoms with Crippen LogP contribution >= 0.6 is 11.6 Å². The van der Waals surface area contributed by atoms with Gasteiger partial charge in [0.25, 0.3) is 5.56 Å². The molecule has 1 N–H and O–H groups in total. The Morgan fingerprint density at radius 3 is 2.70 bits per heavy atom. The Labute approximate surface area is 165 Å². The molecular formula is C22H26ClN3O. The van der Waals surface area contributed by atoms with Gasteiger partial charge in [-0.05, 0) is 56.6 Å². The molecule has 1 atom stereocenters. The highest BCUT2D eigenvalue weighted by Crippen LogP contribution is 2.24. The number of rotatable bonds is 7. The Hall–Kier alpha value is -2.17. The molecule has 142 valence electrons. The number of aromatic nitrogens is 2. The van der Waals surface area contributed by atoms with E-state index in [0.29, 0.717) is 16.2 Å². The molecular weight excluding hydrogens is 358 g/mol. The van der Waals surface area contributed by atoms with E-state index in [1.807, 2.05) is 49.4 Å². The smallest absolute Gasteiger partial charge is 0.266 e. The largest absolute Gasteiger partial charge is 0.308 e. The number of benzene rings is 2. The van der Waals surface area contributed by atoms with Gasteiger partial charge in [-0.15, -0.1) is 0 Å². The lowest BCUT2D eigenvalue weighted by Crippen LogP contribution is -2.31. The molecule has 2 aromatic carbocycles. The van der Waals surface area contributed by atoms with Crippen LogP contribution in [0.1, 0.15) is 50.5 Å². The number of unbranched alkanes of at least 4 members (excludes halogenated alkanes) is 2. The summed E-state index contributed by atoms with van der Waals surface area (Å²) in [6.07, 6.45) is 3.47. The first-order chi connectivity index (χ1) is 13.0. The van der Waals surface area contributed by atoms with Gasteiger partial charge in [0.1, 0.15) is 5.82 Å². The molecule has 0 saturated heterocycles. The summed E-state index contributed by atoms with van der Waals surface area (Å²) in [5.74, 6) is 0.709. The van der Waals surface area contributed by atoms with Crippen LogP contribution < -0.4 is 10.9 Å². The minimum Gasteiger partial charge on any atom is -0.308 e. The van der Waals surface area contributed by atoms with Crippen molar-refractivity contribution >= 4 is 22.5 Å². The van der Waals surface area contributed by atoms with E-state index in [1.54, 1.807) is 4.57 Å². The van der Waals surface area contributed by atoms with Gasteiger partial charge in [-0.25, -0.2) is 4.98 Å². The van der Waals surface area contributed by atoms with Gasteiger partial charge in [0.05, 0.1) is 22.6 Å². The Bertz CT molecular complexity index is 997. The van der Waals surface area contributed by atoms with Crippen LogP contribution in [0.25, 0.3) is 16.6 Å². The van der Waals surface area contributed by atoms with Gasteiger partial charge in [-0.2, -0.15) is 0 Å². The van der Waals surface area contributed by atoms with Gasteiger partial charge in [-0.3, -0.25) is 9.36 Å². The van der Waals surface area contributed by atoms with E-state index in [9.17, 15) is 4.79 Å². The molecule has 0 fully saturated rings. The Kier molecular flexibility index (Phi) is 6.30. The summed E-state index contributed by atoms with van der Waals surface area (Å²) in [5, 5.41) is 4.77. The van der Waals surface area contributed by atoms with Gasteiger partial charge in [0.15, 0.2) is 0 Å². The second kappa shape index (κ2) is 8.68. The van der Waals surface area contributed by atoms with E-state index in [2.05, 4.69) is 19.2 Å². The Morgan fingerprint density at radius 2 is 1.93 bits per heavy atom. The van der Waals surface area contributed by atoms with E-state index in [1.165, 1.54) is 12.8 Å². The quantitative estimate of drug-likeness (QED) is 0.571. The first-order valence-corrected chi connectivity index (χ1v) is 9.93. The van der Waals surface area contributed by atoms with Crippen molar-refractivity contribution < 1.29 is 0 Å². The third kappa shape index (κ3) is 4.07. The molecule has 0 aliphatic rings. The van der Waals surface area contributed by atoms with E-state index in [0.717, 1.165) is 29.7 Å². The normalized spacial score (nSPS) is 12.4. The summed E-state index contributed by atoms with van der Waals surface area (Å²) in [4.78, 5) is 18.2. The standard InChI is InChI=1S/C22H26ClN3O/c1-4-5-8-14-24-16(3)21-25-19-12-7-6-10-17(19)22(27)26(21)20-13-9-11-18(23)15(20)2/h6-7,9-13,16,24H,4-5,8,14H2,1-3H3/t16-/m1/s1. The zero-order valence-corrected chi connectivity index (χ0v) is 16.9. The van der Waals surface area contributed by atoms with Crippen molar-refractivity contribution in [3.63, 3.8) is 0 Å². The number of hydrogen-bond donors (Lipinski definition) is 1. The molecule has 1 aromatic heterocycles. The molecule has 0 aliphatic carbocycles. The molecule has 3 aromatic rings. The molecule has 1 heterocycles. The third-order valence-corrected chi connectivity index (χ3v) is 5.31. The average Bonchev–Trinajstić information content (AvgIpc) is 2.67. The summed E-state index contributed by atoms with van der Waals surface area (Å²) in [7, 11) is 0. The van der Waals surface area contributed by atoms with Gasteiger partial charge in [-0.1, -0.05) is 49.6 Å². The van der Waals surface area contributed by atoms with E-state index in [4.69, 9.17) is 16.6 Å². The van der Waals surface area contributed by atoms with Crippen molar-refractivity contribution in [3.05, 3.63) is 69.2 Å². The van der Waals surface area contributed by atoms with Crippen molar-refractivity contribution in [1.29, 1.82) is 0 Å². The van der Waals surface area contributed by atoms with E-state index < -0.39 is 0 Å². The second-order valence-corrected chi connectivity index (χ2v) is 7.30. The van der Waals surface area contributed by atoms with Crippen LogP contribution in [0, 0.1) is 6.92 Å². The highest BCUT2D eigenvalue weighted by Gasteiger charge is 2.19. The number of fused-ring (bicyclic) bond motifs is 1. The Balaban J connectivity index is 2.16. The molecule has 4 nitrogen and oxygen atoms in total. The zero-order chi connectivity index (χ0) is 19.4. The van der Waals surface area contributed by atoms with Gasteiger partial charge in [0.2, 0.25) is 0 Å². The predicted octanol–water partition coefficient (Wildman–Crippen LogP) is 5.19. The summed E-state index contributed by atoms with van der Waals surface area (Å²) in [6, 6.07) is 13.1. The molecule has 0 saturated carbocycles. The lowest BCUT2D eigenvalue weighted by Gasteiger charge is -2.21. The van der Waals surface area contributed by atoms with Crippen molar-refractivity contribution in [2.45, 2.75) is 46.1 Å². The monoisotopic (exact) mass is 383 g/mol. The van der Waals surface area contributed by atoms with E-state index >= 15 is 0 Å². The first kappa shape index (κ1) is 19.6. The van der Waals surface area contributed by atoms with Gasteiger partial charge in [0, 0.05) is 5.02 Å². The highest BCUT2D eigenvalue weighted by molar-refractivity contribution is 6.31. The number of halogens is 1. The molecule has 0 aliphatic heterocycles. The fraction of sp³-hybridized carbons (Fsp3) is 0.364. The highest BCUT2D eigenvalue weighted by atomic mass is 35.5. The zero-order valence-electron chi connectivity index (χ0n) is 16.1. The van der Waals surface area contributed by atoms with Crippen molar-refractivity contribution in [1.82, 2.24) is 14.9 Å². The molecule has 0 radical (unpaired) electrons. The number of para-hydroxylation sites is 1. The Morgan fingerprint density at radius 1 is 1.15 bits per heavy atom. The summed E-state index contributed by atoms with van der Waals surface area (Å²) in [6.45, 7) is 7.07. The topological polar surface area (TPSA) is 46.9 Å². The van der Waals surface area contributed by atoms with E-state index in [-0.39, 0.29) is 11.6 Å². The summed E-state index contributed by atoms with van der Waals surface area (Å²) in [5.41, 5.74) is 2.31. The lowest BCUT2D eigenvalue weighted by molar-refractivity contribution is 0.513. The lowest BCUT2D eigenvalue weighted by atomic mass is 10.1. The van der Waals surface area contributed by atoms with Crippen LogP contribution in [0.2, 0.25) is 5.02 Å². The summed E-state index contributed by atoms with van der Waals surface area (Å²) < 4.78 is 1.71. The minimum absolute atomic E-state index is 0.0578. The van der Waals surface area contributed by atoms with Gasteiger partial charge < -0.3 is 5.32 Å². The maximum Gasteiger partial charge on any atom is 0.266 e. The fourth-order valence-electron chi connectivity index (χ4n) is 3.30. The SMILES string of the molecule is CCCCCN[C@H](C)c1nc2ccccc2c(=O)n1-c1cccc(Cl)c1C. The number of nitrogens with zero attached hydrogens (tertiary/aromatic N) is 2. The molecule has 5 heteroatoms. The predicted molar refractivity (Wildman–Crippen MR) is 113 cm³/mol. The number of nitrogens with one attached hydrogen (secondary N) is 1. The molecule has 0 amide bonds. The molecule has 0 unspecified atom stereocenters. The molecule has 0 bridgehead atoms. The summed E-state index contributed by atoms with van der Waals surface area (Å²) >= 11 is 6.33. The fourth-order valence-corrected chi connectivity index (χ4v) is 3.47. The van der Waals surface area contributed by atoms with Crippen molar-refractivity contribution in [3.8, 4) is 5.69 Å². The van der Waals surface area contributed by atoms with Crippen LogP contribution in [0.5, 0.6) is 0 Å². The molecule has 0 spiro atoms. The average molecular weight is 384 g/mol. The van der Waals surface area contributed by atoms with Crippen molar-refractivity contribution in [2.24, 2.45) is 0 Å². The van der Waals surface area contributed by atoms with Crippen LogP contribution in [-0.4, -0.2) is 16.1 Å².